The summed E-state index contributed by atoms with van der Waals surface area (Å²) in [5.74, 6) is 0.883. The first-order valence-electron chi connectivity index (χ1n) is 7.98. The van der Waals surface area contributed by atoms with Gasteiger partial charge in [-0.15, -0.1) is 0 Å². The summed E-state index contributed by atoms with van der Waals surface area (Å²) in [7, 11) is -1.68. The molecule has 0 atom stereocenters. The van der Waals surface area contributed by atoms with Gasteiger partial charge in [0.15, 0.2) is 0 Å². The van der Waals surface area contributed by atoms with Crippen LogP contribution in [0.4, 0.5) is 0 Å². The van der Waals surface area contributed by atoms with Crippen LogP contribution < -0.4 is 9.46 Å². The molecule has 0 unspecified atom stereocenters. The molecule has 0 aromatic heterocycles. The fraction of sp³-hybridized carbons (Fsp3) is 0.368. The van der Waals surface area contributed by atoms with Gasteiger partial charge in [-0.25, -0.2) is 13.1 Å². The summed E-state index contributed by atoms with van der Waals surface area (Å²) in [5, 5.41) is 0. The number of methoxy groups -OCH3 is 1. The van der Waals surface area contributed by atoms with E-state index in [9.17, 15) is 8.42 Å². The number of nitrogens with one attached hydrogen (secondary N) is 1. The number of hydrogen-bond donors (Lipinski definition) is 1. The average Bonchev–Trinajstić information content (AvgIpc) is 2.60. The molecule has 0 radical (unpaired) electrons. The van der Waals surface area contributed by atoms with Crippen molar-refractivity contribution in [2.45, 2.75) is 25.7 Å². The van der Waals surface area contributed by atoms with Gasteiger partial charge in [0, 0.05) is 12.0 Å². The quantitative estimate of drug-likeness (QED) is 0.798. The molecular formula is C19H25NO3S. The summed E-state index contributed by atoms with van der Waals surface area (Å²) < 4.78 is 32.4. The molecule has 130 valence electrons. The van der Waals surface area contributed by atoms with Gasteiger partial charge >= 0.3 is 0 Å². The molecule has 0 aliphatic carbocycles. The van der Waals surface area contributed by atoms with Crippen LogP contribution in [0.3, 0.4) is 0 Å². The van der Waals surface area contributed by atoms with Gasteiger partial charge in [-0.2, -0.15) is 0 Å². The molecule has 0 fully saturated rings. The van der Waals surface area contributed by atoms with Gasteiger partial charge in [-0.3, -0.25) is 0 Å². The minimum absolute atomic E-state index is 0.0930. The number of sulfonamides is 1. The normalized spacial score (nSPS) is 12.1. The Morgan fingerprint density at radius 2 is 1.62 bits per heavy atom. The van der Waals surface area contributed by atoms with E-state index in [-0.39, 0.29) is 11.2 Å². The Kier molecular flexibility index (Phi) is 6.02. The molecule has 0 heterocycles. The van der Waals surface area contributed by atoms with E-state index in [1.165, 1.54) is 0 Å². The molecule has 2 aromatic rings. The smallest absolute Gasteiger partial charge is 0.211 e. The zero-order valence-electron chi connectivity index (χ0n) is 14.5. The fourth-order valence-electron chi connectivity index (χ4n) is 2.40. The summed E-state index contributed by atoms with van der Waals surface area (Å²) in [5.41, 5.74) is 1.79. The van der Waals surface area contributed by atoms with Crippen molar-refractivity contribution in [2.75, 3.05) is 19.4 Å². The minimum Gasteiger partial charge on any atom is -0.497 e. The summed E-state index contributed by atoms with van der Waals surface area (Å²) in [6, 6.07) is 17.4. The van der Waals surface area contributed by atoms with Gasteiger partial charge in [0.2, 0.25) is 10.0 Å². The number of aryl methyl sites for hydroxylation is 1. The Labute approximate surface area is 144 Å². The molecule has 2 rings (SSSR count). The highest BCUT2D eigenvalue weighted by Crippen LogP contribution is 2.24. The van der Waals surface area contributed by atoms with Crippen LogP contribution in [0.1, 0.15) is 25.0 Å². The van der Waals surface area contributed by atoms with Crippen LogP contribution in [-0.4, -0.2) is 27.8 Å². The van der Waals surface area contributed by atoms with Crippen LogP contribution >= 0.6 is 0 Å². The maximum Gasteiger partial charge on any atom is 0.211 e. The van der Waals surface area contributed by atoms with E-state index < -0.39 is 10.0 Å². The highest BCUT2D eigenvalue weighted by Gasteiger charge is 2.23. The zero-order valence-corrected chi connectivity index (χ0v) is 15.3. The maximum atomic E-state index is 12.3. The van der Waals surface area contributed by atoms with Gasteiger partial charge < -0.3 is 4.74 Å². The first-order chi connectivity index (χ1) is 11.3. The van der Waals surface area contributed by atoms with E-state index in [0.29, 0.717) is 13.0 Å². The van der Waals surface area contributed by atoms with E-state index in [0.717, 1.165) is 16.9 Å². The molecule has 2 aromatic carbocycles. The number of benzene rings is 2. The van der Waals surface area contributed by atoms with Crippen molar-refractivity contribution >= 4 is 10.0 Å². The molecule has 24 heavy (non-hydrogen) atoms. The van der Waals surface area contributed by atoms with Crippen LogP contribution in [0, 0.1) is 0 Å². The minimum atomic E-state index is -3.31. The van der Waals surface area contributed by atoms with Crippen LogP contribution in [-0.2, 0) is 21.9 Å². The Morgan fingerprint density at radius 3 is 2.21 bits per heavy atom. The van der Waals surface area contributed by atoms with Gasteiger partial charge in [-0.1, -0.05) is 56.3 Å². The Bertz CT molecular complexity index is 738. The number of rotatable bonds is 8. The molecule has 4 nitrogen and oxygen atoms in total. The van der Waals surface area contributed by atoms with Crippen molar-refractivity contribution in [1.82, 2.24) is 4.72 Å². The lowest BCUT2D eigenvalue weighted by Crippen LogP contribution is -2.38. The van der Waals surface area contributed by atoms with Crippen LogP contribution in [0.25, 0.3) is 0 Å². The first-order valence-corrected chi connectivity index (χ1v) is 9.63. The fourth-order valence-corrected chi connectivity index (χ4v) is 3.63. The first kappa shape index (κ1) is 18.5. The zero-order chi connectivity index (χ0) is 17.6. The van der Waals surface area contributed by atoms with Crippen molar-refractivity contribution in [3.63, 3.8) is 0 Å². The SMILES string of the molecule is COc1ccc(C(C)(C)CNS(=O)(=O)CCc2ccccc2)cc1. The monoisotopic (exact) mass is 347 g/mol. The van der Waals surface area contributed by atoms with E-state index >= 15 is 0 Å². The third kappa shape index (κ3) is 5.35. The van der Waals surface area contributed by atoms with Crippen molar-refractivity contribution in [1.29, 1.82) is 0 Å². The second kappa shape index (κ2) is 7.81. The average molecular weight is 347 g/mol. The molecule has 0 aliphatic rings. The van der Waals surface area contributed by atoms with Crippen LogP contribution in [0.5, 0.6) is 5.75 Å². The summed E-state index contributed by atoms with van der Waals surface area (Å²) >= 11 is 0. The molecule has 0 saturated carbocycles. The predicted octanol–water partition coefficient (Wildman–Crippen LogP) is 3.13. The second-order valence-electron chi connectivity index (χ2n) is 6.49. The van der Waals surface area contributed by atoms with Gasteiger partial charge in [-0.05, 0) is 29.7 Å². The molecule has 0 bridgehead atoms. The molecule has 5 heteroatoms. The Hall–Kier alpha value is -1.85. The van der Waals surface area contributed by atoms with E-state index in [4.69, 9.17) is 4.74 Å². The van der Waals surface area contributed by atoms with Gasteiger partial charge in [0.05, 0.1) is 12.9 Å². The van der Waals surface area contributed by atoms with Crippen molar-refractivity contribution in [3.8, 4) is 5.75 Å². The third-order valence-electron chi connectivity index (χ3n) is 4.11. The molecule has 0 amide bonds. The van der Waals surface area contributed by atoms with Gasteiger partial charge in [0.25, 0.3) is 0 Å². The second-order valence-corrected chi connectivity index (χ2v) is 8.41. The van der Waals surface area contributed by atoms with E-state index in [1.807, 2.05) is 68.4 Å². The van der Waals surface area contributed by atoms with Crippen LogP contribution in [0.2, 0.25) is 0 Å². The predicted molar refractivity (Wildman–Crippen MR) is 98.0 cm³/mol. The lowest BCUT2D eigenvalue weighted by atomic mass is 9.85. The summed E-state index contributed by atoms with van der Waals surface area (Å²) in [4.78, 5) is 0. The molecule has 0 aliphatic heterocycles. The lowest BCUT2D eigenvalue weighted by molar-refractivity contribution is 0.414. The highest BCUT2D eigenvalue weighted by atomic mass is 32.2. The Morgan fingerprint density at radius 1 is 1.00 bits per heavy atom. The molecule has 0 saturated heterocycles. The number of ether oxygens (including phenoxy) is 1. The standard InChI is InChI=1S/C19H25NO3S/c1-19(2,17-9-11-18(23-3)12-10-17)15-20-24(21,22)14-13-16-7-5-4-6-8-16/h4-12,20H,13-15H2,1-3H3. The van der Waals surface area contributed by atoms with Crippen molar-refractivity contribution in [3.05, 3.63) is 65.7 Å². The summed E-state index contributed by atoms with van der Waals surface area (Å²) in [6.45, 7) is 4.40. The number of hydrogen-bond acceptors (Lipinski definition) is 3. The molecule has 1 N–H and O–H groups in total. The summed E-state index contributed by atoms with van der Waals surface area (Å²) in [6.07, 6.45) is 0.513. The highest BCUT2D eigenvalue weighted by molar-refractivity contribution is 7.89. The van der Waals surface area contributed by atoms with Crippen molar-refractivity contribution < 1.29 is 13.2 Å². The van der Waals surface area contributed by atoms with Crippen LogP contribution in [0.15, 0.2) is 54.6 Å². The topological polar surface area (TPSA) is 55.4 Å². The molecular weight excluding hydrogens is 322 g/mol. The molecule has 0 spiro atoms. The van der Waals surface area contributed by atoms with Crippen molar-refractivity contribution in [2.24, 2.45) is 0 Å². The lowest BCUT2D eigenvalue weighted by Gasteiger charge is -2.25. The Balaban J connectivity index is 1.94. The largest absolute Gasteiger partial charge is 0.497 e. The maximum absolute atomic E-state index is 12.3. The van der Waals surface area contributed by atoms with Gasteiger partial charge in [0.1, 0.15) is 5.75 Å². The van der Waals surface area contributed by atoms with E-state index in [2.05, 4.69) is 4.72 Å². The van der Waals surface area contributed by atoms with E-state index in [1.54, 1.807) is 7.11 Å². The third-order valence-corrected chi connectivity index (χ3v) is 5.43.